The van der Waals surface area contributed by atoms with Crippen molar-refractivity contribution in [1.82, 2.24) is 0 Å². The second-order valence-electron chi connectivity index (χ2n) is 4.77. The van der Waals surface area contributed by atoms with Crippen molar-refractivity contribution in [3.63, 3.8) is 0 Å². The molecule has 1 aromatic carbocycles. The number of primary amides is 2. The zero-order valence-electron chi connectivity index (χ0n) is 11.9. The van der Waals surface area contributed by atoms with Crippen LogP contribution in [0, 0.1) is 0 Å². The smallest absolute Gasteiger partial charge is 0.248 e. The minimum absolute atomic E-state index is 0.0868. The zero-order valence-corrected chi connectivity index (χ0v) is 11.9. The number of unbranched alkanes of at least 4 members (excludes halogenated alkanes) is 1. The lowest BCUT2D eigenvalue weighted by Gasteiger charge is -2.13. The summed E-state index contributed by atoms with van der Waals surface area (Å²) in [6.07, 6.45) is 2.33. The number of hydrogen-bond acceptors (Lipinski definition) is 4. The van der Waals surface area contributed by atoms with E-state index in [1.54, 1.807) is 0 Å². The fourth-order valence-corrected chi connectivity index (χ4v) is 1.77. The van der Waals surface area contributed by atoms with Gasteiger partial charge in [0.05, 0.1) is 6.04 Å². The third-order valence-electron chi connectivity index (χ3n) is 2.98. The first-order valence-electron chi connectivity index (χ1n) is 6.66. The van der Waals surface area contributed by atoms with Crippen LogP contribution < -0.4 is 22.5 Å². The monoisotopic (exact) mass is 292 g/mol. The van der Waals surface area contributed by atoms with Crippen molar-refractivity contribution in [3.8, 4) is 0 Å². The number of anilines is 1. The number of benzene rings is 1. The van der Waals surface area contributed by atoms with Crippen molar-refractivity contribution in [1.29, 1.82) is 0 Å². The highest BCUT2D eigenvalue weighted by Gasteiger charge is 2.15. The Balaban J connectivity index is 2.94. The number of nitrogens with two attached hydrogens (primary N) is 3. The number of carbonyl (C=O) groups excluding carboxylic acids is 3. The second-order valence-corrected chi connectivity index (χ2v) is 4.77. The molecule has 3 amide bonds. The Labute approximate surface area is 122 Å². The van der Waals surface area contributed by atoms with Gasteiger partial charge in [0.15, 0.2) is 0 Å². The molecule has 0 fully saturated rings. The average molecular weight is 292 g/mol. The van der Waals surface area contributed by atoms with Gasteiger partial charge in [0.25, 0.3) is 0 Å². The lowest BCUT2D eigenvalue weighted by atomic mass is 10.1. The van der Waals surface area contributed by atoms with E-state index in [1.807, 2.05) is 6.92 Å². The number of hydrogen-bond donors (Lipinski definition) is 4. The van der Waals surface area contributed by atoms with Crippen molar-refractivity contribution in [3.05, 3.63) is 29.3 Å². The van der Waals surface area contributed by atoms with E-state index in [4.69, 9.17) is 17.2 Å². The van der Waals surface area contributed by atoms with Crippen LogP contribution in [0.5, 0.6) is 0 Å². The van der Waals surface area contributed by atoms with Gasteiger partial charge in [0, 0.05) is 16.8 Å². The van der Waals surface area contributed by atoms with Crippen LogP contribution in [0.3, 0.4) is 0 Å². The molecule has 1 rings (SSSR count). The standard InChI is InChI=1S/C14H20N4O3/c1-2-3-4-11(15)14(21)18-10-6-8(12(16)19)5-9(7-10)13(17)20/h5-7,11H,2-4,15H2,1H3,(H2,16,19)(H2,17,20)(H,18,21). The number of rotatable bonds is 7. The van der Waals surface area contributed by atoms with Gasteiger partial charge >= 0.3 is 0 Å². The SMILES string of the molecule is CCCCC(N)C(=O)Nc1cc(C(N)=O)cc(C(N)=O)c1. The van der Waals surface area contributed by atoms with E-state index in [-0.39, 0.29) is 22.7 Å². The number of carbonyl (C=O) groups is 3. The fraction of sp³-hybridized carbons (Fsp3) is 0.357. The maximum absolute atomic E-state index is 11.9. The van der Waals surface area contributed by atoms with Gasteiger partial charge in [-0.05, 0) is 24.6 Å². The predicted octanol–water partition coefficient (Wildman–Crippen LogP) is 0.340. The molecule has 0 aliphatic heterocycles. The summed E-state index contributed by atoms with van der Waals surface area (Å²) in [4.78, 5) is 34.4. The van der Waals surface area contributed by atoms with Gasteiger partial charge in [-0.3, -0.25) is 14.4 Å². The first-order valence-corrected chi connectivity index (χ1v) is 6.66. The van der Waals surface area contributed by atoms with Crippen LogP contribution in [0.25, 0.3) is 0 Å². The molecule has 7 nitrogen and oxygen atoms in total. The zero-order chi connectivity index (χ0) is 16.0. The van der Waals surface area contributed by atoms with Gasteiger partial charge < -0.3 is 22.5 Å². The molecule has 1 atom stereocenters. The number of amides is 3. The molecule has 0 spiro atoms. The molecular weight excluding hydrogens is 272 g/mol. The molecule has 7 heteroatoms. The third kappa shape index (κ3) is 4.88. The van der Waals surface area contributed by atoms with Crippen LogP contribution in [0.1, 0.15) is 46.9 Å². The summed E-state index contributed by atoms with van der Waals surface area (Å²) in [5.74, 6) is -1.83. The summed E-state index contributed by atoms with van der Waals surface area (Å²) in [5, 5.41) is 2.56. The van der Waals surface area contributed by atoms with E-state index >= 15 is 0 Å². The van der Waals surface area contributed by atoms with E-state index in [0.29, 0.717) is 6.42 Å². The minimum atomic E-state index is -0.719. The van der Waals surface area contributed by atoms with Crippen LogP contribution in [-0.4, -0.2) is 23.8 Å². The molecule has 0 heterocycles. The second kappa shape index (κ2) is 7.39. The molecule has 114 valence electrons. The molecule has 7 N–H and O–H groups in total. The Bertz CT molecular complexity index is 525. The van der Waals surface area contributed by atoms with Crippen LogP contribution in [0.4, 0.5) is 5.69 Å². The Morgan fingerprint density at radius 3 is 2.05 bits per heavy atom. The van der Waals surface area contributed by atoms with E-state index in [9.17, 15) is 14.4 Å². The van der Waals surface area contributed by atoms with Gasteiger partial charge in [-0.2, -0.15) is 0 Å². The minimum Gasteiger partial charge on any atom is -0.366 e. The molecule has 1 aromatic rings. The molecule has 0 bridgehead atoms. The summed E-state index contributed by atoms with van der Waals surface area (Å²) >= 11 is 0. The van der Waals surface area contributed by atoms with Crippen molar-refractivity contribution in [2.75, 3.05) is 5.32 Å². The van der Waals surface area contributed by atoms with E-state index in [2.05, 4.69) is 5.32 Å². The Kier molecular flexibility index (Phi) is 5.86. The predicted molar refractivity (Wildman–Crippen MR) is 79.6 cm³/mol. The van der Waals surface area contributed by atoms with Crippen LogP contribution in [0.15, 0.2) is 18.2 Å². The van der Waals surface area contributed by atoms with Crippen molar-refractivity contribution < 1.29 is 14.4 Å². The Hall–Kier alpha value is -2.41. The molecule has 0 aromatic heterocycles. The summed E-state index contributed by atoms with van der Waals surface area (Å²) < 4.78 is 0. The first-order chi connectivity index (χ1) is 9.85. The molecule has 0 aliphatic carbocycles. The Morgan fingerprint density at radius 1 is 1.10 bits per heavy atom. The van der Waals surface area contributed by atoms with Crippen LogP contribution in [-0.2, 0) is 4.79 Å². The average Bonchev–Trinajstić information content (AvgIpc) is 2.44. The molecule has 0 saturated heterocycles. The van der Waals surface area contributed by atoms with Gasteiger partial charge in [-0.1, -0.05) is 19.8 Å². The maximum Gasteiger partial charge on any atom is 0.248 e. The molecule has 0 aliphatic rings. The van der Waals surface area contributed by atoms with Gasteiger partial charge in [0.2, 0.25) is 17.7 Å². The first kappa shape index (κ1) is 16.6. The van der Waals surface area contributed by atoms with E-state index in [1.165, 1.54) is 18.2 Å². The summed E-state index contributed by atoms with van der Waals surface area (Å²) in [6, 6.07) is 3.37. The van der Waals surface area contributed by atoms with E-state index < -0.39 is 17.9 Å². The van der Waals surface area contributed by atoms with Crippen molar-refractivity contribution in [2.24, 2.45) is 17.2 Å². The quantitative estimate of drug-likeness (QED) is 0.574. The highest BCUT2D eigenvalue weighted by Crippen LogP contribution is 2.15. The van der Waals surface area contributed by atoms with Gasteiger partial charge in [-0.25, -0.2) is 0 Å². The van der Waals surface area contributed by atoms with Crippen molar-refractivity contribution >= 4 is 23.4 Å². The molecular formula is C14H20N4O3. The lowest BCUT2D eigenvalue weighted by Crippen LogP contribution is -2.35. The highest BCUT2D eigenvalue weighted by atomic mass is 16.2. The summed E-state index contributed by atoms with van der Waals surface area (Å²) in [5.41, 5.74) is 16.5. The van der Waals surface area contributed by atoms with Crippen LogP contribution in [0.2, 0.25) is 0 Å². The largest absolute Gasteiger partial charge is 0.366 e. The highest BCUT2D eigenvalue weighted by molar-refractivity contribution is 6.02. The lowest BCUT2D eigenvalue weighted by molar-refractivity contribution is -0.117. The summed E-state index contributed by atoms with van der Waals surface area (Å²) in [7, 11) is 0. The van der Waals surface area contributed by atoms with E-state index in [0.717, 1.165) is 12.8 Å². The Morgan fingerprint density at radius 2 is 1.62 bits per heavy atom. The maximum atomic E-state index is 11.9. The normalized spacial score (nSPS) is 11.7. The molecule has 0 radical (unpaired) electrons. The fourth-order valence-electron chi connectivity index (χ4n) is 1.77. The number of nitrogens with one attached hydrogen (secondary N) is 1. The van der Waals surface area contributed by atoms with Crippen molar-refractivity contribution in [2.45, 2.75) is 32.2 Å². The molecule has 1 unspecified atom stereocenters. The topological polar surface area (TPSA) is 141 Å². The van der Waals surface area contributed by atoms with Gasteiger partial charge in [0.1, 0.15) is 0 Å². The third-order valence-corrected chi connectivity index (χ3v) is 2.98. The molecule has 21 heavy (non-hydrogen) atoms. The summed E-state index contributed by atoms with van der Waals surface area (Å²) in [6.45, 7) is 2.00. The van der Waals surface area contributed by atoms with Crippen LogP contribution >= 0.6 is 0 Å². The molecule has 0 saturated carbocycles. The van der Waals surface area contributed by atoms with Gasteiger partial charge in [-0.15, -0.1) is 0 Å².